The van der Waals surface area contributed by atoms with E-state index in [2.05, 4.69) is 37.7 Å². The highest BCUT2D eigenvalue weighted by Gasteiger charge is 2.23. The highest BCUT2D eigenvalue weighted by Crippen LogP contribution is 2.28. The van der Waals surface area contributed by atoms with E-state index in [1.807, 2.05) is 5.38 Å². The number of anilines is 1. The number of hydrogen-bond acceptors (Lipinski definition) is 3. The van der Waals surface area contributed by atoms with Gasteiger partial charge in [-0.25, -0.2) is 4.98 Å². The molecular weight excluding hydrogens is 204 g/mol. The molecule has 0 N–H and O–H groups in total. The van der Waals surface area contributed by atoms with Crippen LogP contribution in [0.25, 0.3) is 0 Å². The molecule has 74 valence electrons. The van der Waals surface area contributed by atoms with Gasteiger partial charge in [-0.2, -0.15) is 0 Å². The van der Waals surface area contributed by atoms with Crippen molar-refractivity contribution in [1.29, 1.82) is 0 Å². The molecule has 1 aromatic rings. The summed E-state index contributed by atoms with van der Waals surface area (Å²) in [5.74, 6) is 0. The van der Waals surface area contributed by atoms with E-state index < -0.39 is 0 Å². The summed E-state index contributed by atoms with van der Waals surface area (Å²) in [4.78, 5) is 6.40. The monoisotopic (exact) mass is 218 g/mol. The molecule has 0 fully saturated rings. The van der Waals surface area contributed by atoms with E-state index in [-0.39, 0.29) is 5.54 Å². The third-order valence-electron chi connectivity index (χ3n) is 2.52. The summed E-state index contributed by atoms with van der Waals surface area (Å²) in [5, 5.41) is 3.43. The Balaban J connectivity index is 2.84. The van der Waals surface area contributed by atoms with Crippen molar-refractivity contribution in [3.63, 3.8) is 0 Å². The van der Waals surface area contributed by atoms with Crippen LogP contribution in [0.15, 0.2) is 5.38 Å². The first-order valence-corrected chi connectivity index (χ1v) is 5.58. The number of halogens is 1. The van der Waals surface area contributed by atoms with Crippen LogP contribution >= 0.6 is 22.9 Å². The number of thiazole rings is 1. The van der Waals surface area contributed by atoms with E-state index in [0.717, 1.165) is 11.6 Å². The molecule has 4 heteroatoms. The van der Waals surface area contributed by atoms with Crippen LogP contribution in [-0.2, 0) is 0 Å². The lowest BCUT2D eigenvalue weighted by molar-refractivity contribution is 0.470. The fourth-order valence-corrected chi connectivity index (χ4v) is 1.97. The van der Waals surface area contributed by atoms with Gasteiger partial charge in [-0.05, 0) is 20.3 Å². The lowest BCUT2D eigenvalue weighted by Crippen LogP contribution is -2.40. The van der Waals surface area contributed by atoms with Gasteiger partial charge < -0.3 is 4.90 Å². The summed E-state index contributed by atoms with van der Waals surface area (Å²) < 4.78 is 0. The van der Waals surface area contributed by atoms with Gasteiger partial charge >= 0.3 is 0 Å². The van der Waals surface area contributed by atoms with Crippen LogP contribution in [0.3, 0.4) is 0 Å². The summed E-state index contributed by atoms with van der Waals surface area (Å²) in [6, 6.07) is 0. The van der Waals surface area contributed by atoms with E-state index in [9.17, 15) is 0 Å². The zero-order valence-corrected chi connectivity index (χ0v) is 10.0. The third-order valence-corrected chi connectivity index (χ3v) is 3.76. The zero-order chi connectivity index (χ0) is 10.1. The predicted molar refractivity (Wildman–Crippen MR) is 59.9 cm³/mol. The van der Waals surface area contributed by atoms with Gasteiger partial charge in [0, 0.05) is 18.0 Å². The van der Waals surface area contributed by atoms with Crippen molar-refractivity contribution in [1.82, 2.24) is 4.98 Å². The van der Waals surface area contributed by atoms with Crippen molar-refractivity contribution in [2.75, 3.05) is 11.9 Å². The molecule has 1 heterocycles. The Kier molecular flexibility index (Phi) is 3.19. The third kappa shape index (κ3) is 2.35. The minimum atomic E-state index is 0.140. The number of nitrogens with zero attached hydrogens (tertiary/aromatic N) is 2. The van der Waals surface area contributed by atoms with Crippen LogP contribution in [0.5, 0.6) is 0 Å². The Morgan fingerprint density at radius 1 is 1.62 bits per heavy atom. The van der Waals surface area contributed by atoms with Crippen LogP contribution in [0, 0.1) is 0 Å². The van der Waals surface area contributed by atoms with Crippen molar-refractivity contribution in [2.45, 2.75) is 32.7 Å². The van der Waals surface area contributed by atoms with Gasteiger partial charge in [-0.15, -0.1) is 11.3 Å². The summed E-state index contributed by atoms with van der Waals surface area (Å²) in [6.07, 6.45) is 1.08. The highest BCUT2D eigenvalue weighted by atomic mass is 35.5. The molecule has 0 amide bonds. The van der Waals surface area contributed by atoms with Crippen molar-refractivity contribution in [2.24, 2.45) is 0 Å². The molecule has 2 nitrogen and oxygen atoms in total. The molecule has 0 aliphatic carbocycles. The molecule has 0 atom stereocenters. The lowest BCUT2D eigenvalue weighted by Gasteiger charge is -2.34. The lowest BCUT2D eigenvalue weighted by atomic mass is 10.0. The summed E-state index contributed by atoms with van der Waals surface area (Å²) in [5.41, 5.74) is 0.140. The second-order valence-electron chi connectivity index (χ2n) is 3.68. The van der Waals surface area contributed by atoms with Crippen LogP contribution in [-0.4, -0.2) is 17.6 Å². The second-order valence-corrected chi connectivity index (χ2v) is 4.90. The van der Waals surface area contributed by atoms with Crippen molar-refractivity contribution < 1.29 is 0 Å². The second kappa shape index (κ2) is 3.84. The van der Waals surface area contributed by atoms with Gasteiger partial charge in [0.2, 0.25) is 0 Å². The predicted octanol–water partition coefficient (Wildman–Crippen LogP) is 3.42. The van der Waals surface area contributed by atoms with Crippen molar-refractivity contribution in [3.8, 4) is 0 Å². The van der Waals surface area contributed by atoms with Crippen molar-refractivity contribution in [3.05, 3.63) is 10.5 Å². The molecule has 0 aliphatic heterocycles. The number of aromatic nitrogens is 1. The summed E-state index contributed by atoms with van der Waals surface area (Å²) in [7, 11) is 2.05. The van der Waals surface area contributed by atoms with E-state index in [4.69, 9.17) is 11.6 Å². The molecule has 1 aromatic heterocycles. The largest absolute Gasteiger partial charge is 0.346 e. The molecule has 0 aromatic carbocycles. The molecular formula is C9H15ClN2S. The maximum Gasteiger partial charge on any atom is 0.186 e. The highest BCUT2D eigenvalue weighted by molar-refractivity contribution is 7.14. The Labute approximate surface area is 88.5 Å². The Hall–Kier alpha value is -0.280. The topological polar surface area (TPSA) is 16.1 Å². The quantitative estimate of drug-likeness (QED) is 0.773. The first-order chi connectivity index (χ1) is 5.97. The fourth-order valence-electron chi connectivity index (χ4n) is 0.896. The number of rotatable bonds is 3. The first-order valence-electron chi connectivity index (χ1n) is 4.32. The van der Waals surface area contributed by atoms with Crippen LogP contribution in [0.2, 0.25) is 5.15 Å². The van der Waals surface area contributed by atoms with Crippen LogP contribution < -0.4 is 4.90 Å². The smallest absolute Gasteiger partial charge is 0.186 e. The van der Waals surface area contributed by atoms with Gasteiger partial charge in [-0.1, -0.05) is 18.5 Å². The molecule has 0 radical (unpaired) electrons. The Morgan fingerprint density at radius 3 is 2.62 bits per heavy atom. The van der Waals surface area contributed by atoms with E-state index in [1.54, 1.807) is 11.3 Å². The Morgan fingerprint density at radius 2 is 2.23 bits per heavy atom. The zero-order valence-electron chi connectivity index (χ0n) is 8.47. The average molecular weight is 219 g/mol. The summed E-state index contributed by atoms with van der Waals surface area (Å²) in [6.45, 7) is 6.57. The maximum absolute atomic E-state index is 5.77. The molecule has 1 rings (SSSR count). The molecule has 13 heavy (non-hydrogen) atoms. The summed E-state index contributed by atoms with van der Waals surface area (Å²) >= 11 is 7.35. The molecule has 0 saturated heterocycles. The maximum atomic E-state index is 5.77. The molecule has 0 unspecified atom stereocenters. The van der Waals surface area contributed by atoms with E-state index in [0.29, 0.717) is 5.15 Å². The number of hydrogen-bond donors (Lipinski definition) is 0. The van der Waals surface area contributed by atoms with Gasteiger partial charge in [0.15, 0.2) is 5.13 Å². The fraction of sp³-hybridized carbons (Fsp3) is 0.667. The van der Waals surface area contributed by atoms with Gasteiger partial charge in [0.05, 0.1) is 0 Å². The van der Waals surface area contributed by atoms with Crippen LogP contribution in [0.1, 0.15) is 27.2 Å². The SMILES string of the molecule is CCC(C)(C)N(C)c1nc(Cl)cs1. The average Bonchev–Trinajstić information content (AvgIpc) is 2.50. The minimum Gasteiger partial charge on any atom is -0.346 e. The molecule has 0 aliphatic rings. The molecule has 0 bridgehead atoms. The molecule has 0 saturated carbocycles. The van der Waals surface area contributed by atoms with Gasteiger partial charge in [0.1, 0.15) is 5.15 Å². The standard InChI is InChI=1S/C9H15ClN2S/c1-5-9(2,3)12(4)8-11-7(10)6-13-8/h6H,5H2,1-4H3. The first kappa shape index (κ1) is 10.8. The van der Waals surface area contributed by atoms with Gasteiger partial charge in [-0.3, -0.25) is 0 Å². The van der Waals surface area contributed by atoms with Crippen molar-refractivity contribution >= 4 is 28.1 Å². The Bertz CT molecular complexity index is 283. The molecule has 0 spiro atoms. The normalized spacial score (nSPS) is 11.8. The van der Waals surface area contributed by atoms with E-state index >= 15 is 0 Å². The minimum absolute atomic E-state index is 0.140. The van der Waals surface area contributed by atoms with E-state index in [1.165, 1.54) is 0 Å². The van der Waals surface area contributed by atoms with Crippen LogP contribution in [0.4, 0.5) is 5.13 Å². The van der Waals surface area contributed by atoms with Gasteiger partial charge in [0.25, 0.3) is 0 Å².